The lowest BCUT2D eigenvalue weighted by molar-refractivity contribution is 0.0923. The lowest BCUT2D eigenvalue weighted by Gasteiger charge is -2.02. The van der Waals surface area contributed by atoms with Gasteiger partial charge in [-0.05, 0) is 12.1 Å². The van der Waals surface area contributed by atoms with Crippen LogP contribution < -0.4 is 5.73 Å². The summed E-state index contributed by atoms with van der Waals surface area (Å²) in [5, 5.41) is 0. The van der Waals surface area contributed by atoms with Gasteiger partial charge >= 0.3 is 0 Å². The molecule has 0 amide bonds. The number of benzene rings is 1. The Morgan fingerprint density at radius 2 is 1.77 bits per heavy atom. The van der Waals surface area contributed by atoms with Gasteiger partial charge in [-0.15, -0.1) is 0 Å². The summed E-state index contributed by atoms with van der Waals surface area (Å²) in [6.07, 6.45) is -0.0534. The Morgan fingerprint density at radius 3 is 2.38 bits per heavy atom. The topological polar surface area (TPSA) is 60.2 Å². The van der Waals surface area contributed by atoms with Crippen LogP contribution >= 0.6 is 15.9 Å². The highest BCUT2D eigenvalue weighted by atomic mass is 79.9. The standard InChI is InChI=1S/C9H6BrNO2/c10-4-1-2-5(11)9-7(13)3-6(12)8(4)9/h1-2H,3,11H2. The molecule has 1 aliphatic rings. The van der Waals surface area contributed by atoms with Gasteiger partial charge in [0, 0.05) is 15.7 Å². The van der Waals surface area contributed by atoms with E-state index in [-0.39, 0.29) is 18.0 Å². The molecule has 2 N–H and O–H groups in total. The van der Waals surface area contributed by atoms with Gasteiger partial charge in [0.25, 0.3) is 0 Å². The second kappa shape index (κ2) is 2.67. The Balaban J connectivity index is 2.81. The van der Waals surface area contributed by atoms with Crippen LogP contribution in [0.1, 0.15) is 27.1 Å². The van der Waals surface area contributed by atoms with Crippen molar-refractivity contribution in [2.75, 3.05) is 5.73 Å². The van der Waals surface area contributed by atoms with Crippen LogP contribution in [0.25, 0.3) is 0 Å². The summed E-state index contributed by atoms with van der Waals surface area (Å²) in [6.45, 7) is 0. The number of carbonyl (C=O) groups excluding carboxylic acids is 2. The number of carbonyl (C=O) groups is 2. The number of anilines is 1. The lowest BCUT2D eigenvalue weighted by Crippen LogP contribution is -1.99. The Morgan fingerprint density at radius 1 is 1.15 bits per heavy atom. The van der Waals surface area contributed by atoms with Crippen molar-refractivity contribution in [1.29, 1.82) is 0 Å². The molecule has 1 aromatic rings. The zero-order chi connectivity index (χ0) is 9.59. The van der Waals surface area contributed by atoms with Crippen molar-refractivity contribution in [3.8, 4) is 0 Å². The van der Waals surface area contributed by atoms with Crippen molar-refractivity contribution in [3.05, 3.63) is 27.7 Å². The van der Waals surface area contributed by atoms with E-state index >= 15 is 0 Å². The minimum atomic E-state index is -0.182. The first kappa shape index (κ1) is 8.44. The third-order valence-corrected chi connectivity index (χ3v) is 2.73. The van der Waals surface area contributed by atoms with Gasteiger partial charge < -0.3 is 5.73 Å². The molecule has 1 aliphatic carbocycles. The van der Waals surface area contributed by atoms with E-state index in [1.165, 1.54) is 0 Å². The predicted octanol–water partition coefficient (Wildman–Crippen LogP) is 1.80. The van der Waals surface area contributed by atoms with Gasteiger partial charge in [0.2, 0.25) is 0 Å². The van der Waals surface area contributed by atoms with Crippen molar-refractivity contribution in [2.24, 2.45) is 0 Å². The average Bonchev–Trinajstić information content (AvgIpc) is 2.36. The fourth-order valence-corrected chi connectivity index (χ4v) is 2.04. The number of nitrogens with two attached hydrogens (primary N) is 1. The number of Topliss-reactive ketones (excluding diaryl/α,β-unsaturated/α-hetero) is 2. The minimum Gasteiger partial charge on any atom is -0.398 e. The molecule has 66 valence electrons. The summed E-state index contributed by atoms with van der Waals surface area (Å²) < 4.78 is 0.646. The van der Waals surface area contributed by atoms with Gasteiger partial charge in [0.1, 0.15) is 0 Å². The fourth-order valence-electron chi connectivity index (χ4n) is 1.49. The Labute approximate surface area is 83.1 Å². The van der Waals surface area contributed by atoms with Crippen LogP contribution in [0, 0.1) is 0 Å². The zero-order valence-electron chi connectivity index (χ0n) is 6.63. The molecule has 0 heterocycles. The average molecular weight is 240 g/mol. The number of halogens is 1. The van der Waals surface area contributed by atoms with Crippen molar-refractivity contribution >= 4 is 33.2 Å². The van der Waals surface area contributed by atoms with Gasteiger partial charge in [0.15, 0.2) is 11.6 Å². The number of fused-ring (bicyclic) bond motifs is 1. The summed E-state index contributed by atoms with van der Waals surface area (Å²) in [4.78, 5) is 22.7. The lowest BCUT2D eigenvalue weighted by atomic mass is 10.1. The summed E-state index contributed by atoms with van der Waals surface area (Å²) >= 11 is 3.22. The third kappa shape index (κ3) is 1.09. The Bertz CT molecular complexity index is 387. The first-order valence-corrected chi connectivity index (χ1v) is 4.55. The quantitative estimate of drug-likeness (QED) is 0.555. The summed E-state index contributed by atoms with van der Waals surface area (Å²) in [7, 11) is 0. The summed E-state index contributed by atoms with van der Waals surface area (Å²) in [6, 6.07) is 3.31. The van der Waals surface area contributed by atoms with E-state index in [1.807, 2.05) is 0 Å². The van der Waals surface area contributed by atoms with Crippen molar-refractivity contribution in [2.45, 2.75) is 6.42 Å². The van der Waals surface area contributed by atoms with Gasteiger partial charge in [-0.25, -0.2) is 0 Å². The molecule has 0 fully saturated rings. The molecule has 0 bridgehead atoms. The molecule has 1 aromatic carbocycles. The maximum Gasteiger partial charge on any atom is 0.173 e. The number of ketones is 2. The second-order valence-corrected chi connectivity index (χ2v) is 3.76. The zero-order valence-corrected chi connectivity index (χ0v) is 8.22. The molecule has 13 heavy (non-hydrogen) atoms. The molecule has 3 nitrogen and oxygen atoms in total. The molecular formula is C9H6BrNO2. The smallest absolute Gasteiger partial charge is 0.173 e. The van der Waals surface area contributed by atoms with Gasteiger partial charge in [-0.2, -0.15) is 0 Å². The van der Waals surface area contributed by atoms with Gasteiger partial charge in [-0.3, -0.25) is 9.59 Å². The summed E-state index contributed by atoms with van der Waals surface area (Å²) in [5.41, 5.74) is 6.79. The van der Waals surface area contributed by atoms with Gasteiger partial charge in [-0.1, -0.05) is 15.9 Å². The normalized spacial score (nSPS) is 14.8. The fraction of sp³-hybridized carbons (Fsp3) is 0.111. The molecule has 0 aliphatic heterocycles. The second-order valence-electron chi connectivity index (χ2n) is 2.91. The van der Waals surface area contributed by atoms with E-state index in [0.717, 1.165) is 0 Å². The SMILES string of the molecule is Nc1ccc(Br)c2c1C(=O)CC2=O. The Kier molecular flexibility index (Phi) is 1.73. The van der Waals surface area contributed by atoms with Crippen molar-refractivity contribution < 1.29 is 9.59 Å². The molecule has 0 saturated heterocycles. The van der Waals surface area contributed by atoms with Crippen LogP contribution in [0.3, 0.4) is 0 Å². The molecular weight excluding hydrogens is 234 g/mol. The minimum absolute atomic E-state index is 0.0534. The first-order valence-electron chi connectivity index (χ1n) is 3.75. The maximum atomic E-state index is 11.3. The monoisotopic (exact) mass is 239 g/mol. The predicted molar refractivity (Wildman–Crippen MR) is 51.8 cm³/mol. The van der Waals surface area contributed by atoms with Crippen molar-refractivity contribution in [1.82, 2.24) is 0 Å². The van der Waals surface area contributed by atoms with E-state index in [9.17, 15) is 9.59 Å². The van der Waals surface area contributed by atoms with Gasteiger partial charge in [0.05, 0.1) is 12.0 Å². The molecule has 4 heteroatoms. The molecule has 2 rings (SSSR count). The number of hydrogen-bond acceptors (Lipinski definition) is 3. The molecule has 0 unspecified atom stereocenters. The largest absolute Gasteiger partial charge is 0.398 e. The number of nitrogen functional groups attached to an aromatic ring is 1. The van der Waals surface area contributed by atoms with E-state index in [0.29, 0.717) is 21.3 Å². The maximum absolute atomic E-state index is 11.3. The third-order valence-electron chi connectivity index (χ3n) is 2.07. The van der Waals surface area contributed by atoms with E-state index in [1.54, 1.807) is 12.1 Å². The highest BCUT2D eigenvalue weighted by molar-refractivity contribution is 9.10. The van der Waals surface area contributed by atoms with Crippen LogP contribution in [0.5, 0.6) is 0 Å². The Hall–Kier alpha value is -1.16. The van der Waals surface area contributed by atoms with Crippen LogP contribution in [0.2, 0.25) is 0 Å². The molecule has 0 radical (unpaired) electrons. The molecule has 0 saturated carbocycles. The molecule has 0 atom stereocenters. The van der Waals surface area contributed by atoms with E-state index in [2.05, 4.69) is 15.9 Å². The van der Waals surface area contributed by atoms with Crippen LogP contribution in [0.4, 0.5) is 5.69 Å². The van der Waals surface area contributed by atoms with E-state index in [4.69, 9.17) is 5.73 Å². The highest BCUT2D eigenvalue weighted by Crippen LogP contribution is 2.32. The summed E-state index contributed by atoms with van der Waals surface area (Å²) in [5.74, 6) is -0.335. The number of rotatable bonds is 0. The first-order chi connectivity index (χ1) is 6.11. The van der Waals surface area contributed by atoms with Crippen LogP contribution in [-0.2, 0) is 0 Å². The molecule has 0 aromatic heterocycles. The number of hydrogen-bond donors (Lipinski definition) is 1. The van der Waals surface area contributed by atoms with E-state index < -0.39 is 0 Å². The molecule has 0 spiro atoms. The van der Waals surface area contributed by atoms with Crippen LogP contribution in [-0.4, -0.2) is 11.6 Å². The van der Waals surface area contributed by atoms with Crippen molar-refractivity contribution in [3.63, 3.8) is 0 Å². The highest BCUT2D eigenvalue weighted by Gasteiger charge is 2.31. The van der Waals surface area contributed by atoms with Crippen LogP contribution in [0.15, 0.2) is 16.6 Å².